The van der Waals surface area contributed by atoms with E-state index in [0.29, 0.717) is 5.92 Å². The van der Waals surface area contributed by atoms with Crippen LogP contribution < -0.4 is 0 Å². The lowest BCUT2D eigenvalue weighted by atomic mass is 10.1. The van der Waals surface area contributed by atoms with E-state index in [1.54, 1.807) is 0 Å². The van der Waals surface area contributed by atoms with Gasteiger partial charge >= 0.3 is 0 Å². The van der Waals surface area contributed by atoms with Gasteiger partial charge in [-0.3, -0.25) is 0 Å². The molecule has 1 radical (unpaired) electrons. The van der Waals surface area contributed by atoms with Gasteiger partial charge in [0.25, 0.3) is 0 Å². The van der Waals surface area contributed by atoms with Crippen LogP contribution in [0.3, 0.4) is 0 Å². The fourth-order valence-electron chi connectivity index (χ4n) is 1.19. The van der Waals surface area contributed by atoms with Gasteiger partial charge in [-0.25, -0.2) is 0 Å². The molecular formula is C8H7. The van der Waals surface area contributed by atoms with Gasteiger partial charge in [-0.15, -0.1) is 0 Å². The maximum Gasteiger partial charge on any atom is 0.0127 e. The SMILES string of the molecule is [C]1=CC=C2C=CCC12. The van der Waals surface area contributed by atoms with E-state index in [0.717, 1.165) is 0 Å². The Kier molecular flexibility index (Phi) is 0.696. The summed E-state index contributed by atoms with van der Waals surface area (Å²) >= 11 is 0. The maximum absolute atomic E-state index is 3.24. The van der Waals surface area contributed by atoms with Crippen LogP contribution in [-0.4, -0.2) is 0 Å². The number of fused-ring (bicyclic) bond motifs is 1. The van der Waals surface area contributed by atoms with Gasteiger partial charge in [0.1, 0.15) is 0 Å². The van der Waals surface area contributed by atoms with E-state index in [9.17, 15) is 0 Å². The topological polar surface area (TPSA) is 0 Å². The summed E-state index contributed by atoms with van der Waals surface area (Å²) in [5, 5.41) is 0. The summed E-state index contributed by atoms with van der Waals surface area (Å²) < 4.78 is 0. The van der Waals surface area contributed by atoms with E-state index < -0.39 is 0 Å². The molecule has 1 unspecified atom stereocenters. The van der Waals surface area contributed by atoms with Crippen LogP contribution in [0.5, 0.6) is 0 Å². The number of hydrogen-bond donors (Lipinski definition) is 0. The Morgan fingerprint density at radius 3 is 3.50 bits per heavy atom. The van der Waals surface area contributed by atoms with Crippen molar-refractivity contribution >= 4 is 0 Å². The Labute approximate surface area is 49.2 Å². The van der Waals surface area contributed by atoms with Crippen molar-refractivity contribution in [3.05, 3.63) is 36.0 Å². The Hall–Kier alpha value is -0.780. The van der Waals surface area contributed by atoms with Gasteiger partial charge in [0.15, 0.2) is 0 Å². The second-order valence-corrected chi connectivity index (χ2v) is 2.19. The molecule has 0 fully saturated rings. The van der Waals surface area contributed by atoms with Crippen molar-refractivity contribution in [3.8, 4) is 0 Å². The first-order valence-corrected chi connectivity index (χ1v) is 2.93. The Morgan fingerprint density at radius 1 is 1.62 bits per heavy atom. The van der Waals surface area contributed by atoms with Crippen molar-refractivity contribution in [2.24, 2.45) is 5.92 Å². The third kappa shape index (κ3) is 0.401. The first kappa shape index (κ1) is 4.13. The summed E-state index contributed by atoms with van der Waals surface area (Å²) in [6.45, 7) is 0. The molecular weight excluding hydrogens is 96.1 g/mol. The summed E-state index contributed by atoms with van der Waals surface area (Å²) in [5.74, 6) is 0.620. The summed E-state index contributed by atoms with van der Waals surface area (Å²) in [7, 11) is 0. The summed E-state index contributed by atoms with van der Waals surface area (Å²) in [6, 6.07) is 0. The van der Waals surface area contributed by atoms with Gasteiger partial charge in [0, 0.05) is 5.92 Å². The fraction of sp³-hybridized carbons (Fsp3) is 0.250. The zero-order chi connectivity index (χ0) is 5.40. The molecule has 0 aromatic carbocycles. The molecule has 0 heterocycles. The van der Waals surface area contributed by atoms with E-state index in [4.69, 9.17) is 0 Å². The molecule has 0 bridgehead atoms. The molecule has 2 rings (SSSR count). The molecule has 0 saturated heterocycles. The highest BCUT2D eigenvalue weighted by molar-refractivity contribution is 5.37. The zero-order valence-electron chi connectivity index (χ0n) is 4.59. The van der Waals surface area contributed by atoms with Crippen molar-refractivity contribution in [1.82, 2.24) is 0 Å². The fourth-order valence-corrected chi connectivity index (χ4v) is 1.19. The van der Waals surface area contributed by atoms with Crippen molar-refractivity contribution in [1.29, 1.82) is 0 Å². The summed E-state index contributed by atoms with van der Waals surface area (Å²) in [4.78, 5) is 0. The van der Waals surface area contributed by atoms with Crippen LogP contribution in [0.25, 0.3) is 0 Å². The second-order valence-electron chi connectivity index (χ2n) is 2.19. The molecule has 0 aromatic rings. The largest absolute Gasteiger partial charge is 0.0833 e. The standard InChI is InChI=1S/C8H7/c1-3-7-5-2-6-8(7)4-1/h1-3,5,8H,4H2. The van der Waals surface area contributed by atoms with Crippen LogP contribution in [-0.2, 0) is 0 Å². The first-order valence-electron chi connectivity index (χ1n) is 2.93. The van der Waals surface area contributed by atoms with Gasteiger partial charge in [0.05, 0.1) is 0 Å². The lowest BCUT2D eigenvalue weighted by Gasteiger charge is -1.95. The van der Waals surface area contributed by atoms with Crippen molar-refractivity contribution in [3.63, 3.8) is 0 Å². The molecule has 39 valence electrons. The summed E-state index contributed by atoms with van der Waals surface area (Å²) in [6.07, 6.45) is 12.9. The average Bonchev–Trinajstić information content (AvgIpc) is 2.15. The monoisotopic (exact) mass is 103 g/mol. The van der Waals surface area contributed by atoms with E-state index in [1.807, 2.05) is 6.08 Å². The second kappa shape index (κ2) is 1.35. The lowest BCUT2D eigenvalue weighted by molar-refractivity contribution is 0.823. The van der Waals surface area contributed by atoms with Gasteiger partial charge < -0.3 is 0 Å². The van der Waals surface area contributed by atoms with E-state index >= 15 is 0 Å². The quantitative estimate of drug-likeness (QED) is 0.439. The highest BCUT2D eigenvalue weighted by atomic mass is 14.2. The lowest BCUT2D eigenvalue weighted by Crippen LogP contribution is -1.86. The van der Waals surface area contributed by atoms with Crippen LogP contribution >= 0.6 is 0 Å². The predicted molar refractivity (Wildman–Crippen MR) is 33.1 cm³/mol. The predicted octanol–water partition coefficient (Wildman–Crippen LogP) is 1.86. The zero-order valence-corrected chi connectivity index (χ0v) is 4.59. The molecule has 0 aliphatic heterocycles. The minimum atomic E-state index is 0.620. The van der Waals surface area contributed by atoms with Crippen molar-refractivity contribution in [2.75, 3.05) is 0 Å². The third-order valence-corrected chi connectivity index (χ3v) is 1.66. The third-order valence-electron chi connectivity index (χ3n) is 1.66. The van der Waals surface area contributed by atoms with Gasteiger partial charge in [-0.2, -0.15) is 0 Å². The molecule has 1 atom stereocenters. The van der Waals surface area contributed by atoms with Gasteiger partial charge in [-0.05, 0) is 18.1 Å². The van der Waals surface area contributed by atoms with Crippen LogP contribution in [0.4, 0.5) is 0 Å². The number of rotatable bonds is 0. The average molecular weight is 103 g/mol. The Morgan fingerprint density at radius 2 is 2.62 bits per heavy atom. The maximum atomic E-state index is 3.24. The van der Waals surface area contributed by atoms with Crippen LogP contribution in [0.1, 0.15) is 6.42 Å². The minimum absolute atomic E-state index is 0.620. The van der Waals surface area contributed by atoms with E-state index in [1.165, 1.54) is 12.0 Å². The van der Waals surface area contributed by atoms with Crippen molar-refractivity contribution in [2.45, 2.75) is 6.42 Å². The van der Waals surface area contributed by atoms with Crippen molar-refractivity contribution < 1.29 is 0 Å². The van der Waals surface area contributed by atoms with Crippen LogP contribution in [0.15, 0.2) is 29.9 Å². The first-order chi connectivity index (χ1) is 3.97. The van der Waals surface area contributed by atoms with E-state index in [-0.39, 0.29) is 0 Å². The van der Waals surface area contributed by atoms with E-state index in [2.05, 4.69) is 24.3 Å². The number of allylic oxidation sites excluding steroid dienone is 6. The molecule has 0 aromatic heterocycles. The Balaban J connectivity index is 2.39. The molecule has 0 nitrogen and oxygen atoms in total. The summed E-state index contributed by atoms with van der Waals surface area (Å²) in [5.41, 5.74) is 1.44. The Bertz CT molecular complexity index is 182. The molecule has 0 heteroatoms. The molecule has 2 aliphatic carbocycles. The molecule has 0 spiro atoms. The molecule has 0 saturated carbocycles. The highest BCUT2D eigenvalue weighted by Gasteiger charge is 2.14. The van der Waals surface area contributed by atoms with Crippen LogP contribution in [0, 0.1) is 12.0 Å². The number of hydrogen-bond acceptors (Lipinski definition) is 0. The smallest absolute Gasteiger partial charge is 0.0127 e. The van der Waals surface area contributed by atoms with Crippen LogP contribution in [0.2, 0.25) is 0 Å². The minimum Gasteiger partial charge on any atom is -0.0833 e. The highest BCUT2D eigenvalue weighted by Crippen LogP contribution is 2.28. The van der Waals surface area contributed by atoms with Gasteiger partial charge in [0.2, 0.25) is 0 Å². The normalized spacial score (nSPS) is 31.0. The molecule has 2 aliphatic rings. The molecule has 0 N–H and O–H groups in total. The molecule has 8 heavy (non-hydrogen) atoms. The van der Waals surface area contributed by atoms with Gasteiger partial charge in [-0.1, -0.05) is 24.3 Å². The molecule has 0 amide bonds.